The lowest BCUT2D eigenvalue weighted by molar-refractivity contribution is 0.153. The lowest BCUT2D eigenvalue weighted by Crippen LogP contribution is -2.44. The fourth-order valence-corrected chi connectivity index (χ4v) is 3.54. The molecule has 0 bridgehead atoms. The van der Waals surface area contributed by atoms with Gasteiger partial charge in [-0.1, -0.05) is 23.3 Å². The van der Waals surface area contributed by atoms with Crippen molar-refractivity contribution in [2.45, 2.75) is 32.2 Å². The van der Waals surface area contributed by atoms with E-state index in [1.54, 1.807) is 6.20 Å². The molecule has 2 aliphatic heterocycles. The number of ether oxygens (including phenoxy) is 1. The van der Waals surface area contributed by atoms with Crippen LogP contribution >= 0.6 is 11.6 Å². The maximum absolute atomic E-state index is 6.27. The Bertz CT molecular complexity index is 649. The van der Waals surface area contributed by atoms with Gasteiger partial charge in [-0.15, -0.1) is 0 Å². The van der Waals surface area contributed by atoms with E-state index in [0.717, 1.165) is 70.4 Å². The SMILES string of the molecule is CCNC(=NCCC1=CCOCC1)NC1CCN(c2ncccc2Cl)C1. The highest BCUT2D eigenvalue weighted by Gasteiger charge is 2.25. The van der Waals surface area contributed by atoms with Crippen molar-refractivity contribution in [3.8, 4) is 0 Å². The summed E-state index contributed by atoms with van der Waals surface area (Å²) in [6, 6.07) is 4.09. The average molecular weight is 378 g/mol. The Morgan fingerprint density at radius 2 is 2.42 bits per heavy atom. The van der Waals surface area contributed by atoms with Crippen LogP contribution in [0.15, 0.2) is 35.0 Å². The molecule has 0 spiro atoms. The van der Waals surface area contributed by atoms with Crippen LogP contribution in [0.4, 0.5) is 5.82 Å². The number of hydrogen-bond acceptors (Lipinski definition) is 4. The van der Waals surface area contributed by atoms with Gasteiger partial charge in [0.1, 0.15) is 5.82 Å². The molecule has 3 heterocycles. The van der Waals surface area contributed by atoms with Crippen molar-refractivity contribution in [2.24, 2.45) is 4.99 Å². The maximum atomic E-state index is 6.27. The second-order valence-electron chi connectivity index (χ2n) is 6.58. The zero-order valence-corrected chi connectivity index (χ0v) is 16.1. The van der Waals surface area contributed by atoms with Crippen LogP contribution in [0, 0.1) is 0 Å². The van der Waals surface area contributed by atoms with Crippen molar-refractivity contribution in [1.82, 2.24) is 15.6 Å². The zero-order valence-electron chi connectivity index (χ0n) is 15.4. The van der Waals surface area contributed by atoms with Gasteiger partial charge in [0.05, 0.1) is 18.2 Å². The minimum Gasteiger partial charge on any atom is -0.377 e. The van der Waals surface area contributed by atoms with Crippen molar-refractivity contribution in [3.05, 3.63) is 35.0 Å². The molecule has 1 aromatic heterocycles. The van der Waals surface area contributed by atoms with Crippen LogP contribution in [0.5, 0.6) is 0 Å². The lowest BCUT2D eigenvalue weighted by atomic mass is 10.1. The molecule has 6 nitrogen and oxygen atoms in total. The first-order chi connectivity index (χ1) is 12.8. The van der Waals surface area contributed by atoms with Crippen molar-refractivity contribution in [3.63, 3.8) is 0 Å². The summed E-state index contributed by atoms with van der Waals surface area (Å²) in [6.45, 7) is 7.14. The third-order valence-corrected chi connectivity index (χ3v) is 4.97. The minimum atomic E-state index is 0.341. The molecular weight excluding hydrogens is 350 g/mol. The average Bonchev–Trinajstić information content (AvgIpc) is 3.11. The Morgan fingerprint density at radius 3 is 3.19 bits per heavy atom. The Hall–Kier alpha value is -1.79. The highest BCUT2D eigenvalue weighted by Crippen LogP contribution is 2.25. The van der Waals surface area contributed by atoms with Gasteiger partial charge in [0.15, 0.2) is 5.96 Å². The van der Waals surface area contributed by atoms with Crippen molar-refractivity contribution in [1.29, 1.82) is 0 Å². The Balaban J connectivity index is 1.52. The molecule has 2 N–H and O–H groups in total. The number of aliphatic imine (C=N–C) groups is 1. The third kappa shape index (κ3) is 5.35. The molecule has 0 saturated carbocycles. The molecule has 1 saturated heterocycles. The van der Waals surface area contributed by atoms with Crippen molar-refractivity contribution < 1.29 is 4.74 Å². The molecule has 0 aromatic carbocycles. The molecule has 3 rings (SSSR count). The number of halogens is 1. The number of hydrogen-bond donors (Lipinski definition) is 2. The van der Waals surface area contributed by atoms with Crippen molar-refractivity contribution in [2.75, 3.05) is 44.3 Å². The summed E-state index contributed by atoms with van der Waals surface area (Å²) in [5, 5.41) is 7.61. The van der Waals surface area contributed by atoms with Gasteiger partial charge in [-0.3, -0.25) is 4.99 Å². The molecule has 142 valence electrons. The standard InChI is InChI=1S/C19H28ClN5O/c1-2-21-19(23-10-5-15-7-12-26-13-8-15)24-16-6-11-25(14-16)18-17(20)4-3-9-22-18/h3-4,7,9,16H,2,5-6,8,10-14H2,1H3,(H2,21,23,24). The summed E-state index contributed by atoms with van der Waals surface area (Å²) in [6.07, 6.45) is 7.05. The first-order valence-corrected chi connectivity index (χ1v) is 9.80. The summed E-state index contributed by atoms with van der Waals surface area (Å²) in [5.41, 5.74) is 1.45. The van der Waals surface area contributed by atoms with E-state index in [4.69, 9.17) is 21.3 Å². The Morgan fingerprint density at radius 1 is 1.50 bits per heavy atom. The zero-order chi connectivity index (χ0) is 18.2. The number of guanidine groups is 1. The first-order valence-electron chi connectivity index (χ1n) is 9.42. The maximum Gasteiger partial charge on any atom is 0.191 e. The quantitative estimate of drug-likeness (QED) is 0.453. The van der Waals surface area contributed by atoms with Crippen LogP contribution in [0.3, 0.4) is 0 Å². The molecule has 1 unspecified atom stereocenters. The molecule has 1 atom stereocenters. The van der Waals surface area contributed by atoms with E-state index in [1.807, 2.05) is 12.1 Å². The predicted octanol–water partition coefficient (Wildman–Crippen LogP) is 2.61. The molecule has 2 aliphatic rings. The first kappa shape index (κ1) is 19.0. The van der Waals surface area contributed by atoms with Crippen LogP contribution < -0.4 is 15.5 Å². The Labute approximate surface area is 160 Å². The van der Waals surface area contributed by atoms with E-state index >= 15 is 0 Å². The molecule has 26 heavy (non-hydrogen) atoms. The fraction of sp³-hybridized carbons (Fsp3) is 0.579. The molecule has 0 aliphatic carbocycles. The monoisotopic (exact) mass is 377 g/mol. The van der Waals surface area contributed by atoms with Crippen molar-refractivity contribution >= 4 is 23.4 Å². The van der Waals surface area contributed by atoms with E-state index in [2.05, 4.69) is 33.5 Å². The number of nitrogens with one attached hydrogen (secondary N) is 2. The molecule has 1 fully saturated rings. The van der Waals surface area contributed by atoms with Crippen LogP contribution in [0.2, 0.25) is 5.02 Å². The van der Waals surface area contributed by atoms with E-state index in [0.29, 0.717) is 11.1 Å². The second kappa shape index (κ2) is 9.78. The van der Waals surface area contributed by atoms with Gasteiger partial charge < -0.3 is 20.3 Å². The normalized spacial score (nSPS) is 20.8. The van der Waals surface area contributed by atoms with Gasteiger partial charge in [0, 0.05) is 38.4 Å². The van der Waals surface area contributed by atoms with E-state index < -0.39 is 0 Å². The van der Waals surface area contributed by atoms with Crippen LogP contribution in [0.1, 0.15) is 26.2 Å². The number of anilines is 1. The molecule has 0 radical (unpaired) electrons. The fourth-order valence-electron chi connectivity index (χ4n) is 3.30. The smallest absolute Gasteiger partial charge is 0.191 e. The number of nitrogens with zero attached hydrogens (tertiary/aromatic N) is 3. The molecule has 1 aromatic rings. The molecule has 0 amide bonds. The Kier molecular flexibility index (Phi) is 7.14. The van der Waals surface area contributed by atoms with Crippen LogP contribution in [-0.2, 0) is 4.74 Å². The largest absolute Gasteiger partial charge is 0.377 e. The van der Waals surface area contributed by atoms with Gasteiger partial charge >= 0.3 is 0 Å². The van der Waals surface area contributed by atoms with Gasteiger partial charge in [0.2, 0.25) is 0 Å². The lowest BCUT2D eigenvalue weighted by Gasteiger charge is -2.20. The summed E-state index contributed by atoms with van der Waals surface area (Å²) in [4.78, 5) is 11.4. The second-order valence-corrected chi connectivity index (χ2v) is 6.99. The van der Waals surface area contributed by atoms with Crippen LogP contribution in [0.25, 0.3) is 0 Å². The highest BCUT2D eigenvalue weighted by atomic mass is 35.5. The number of pyridine rings is 1. The molecule has 7 heteroatoms. The van der Waals surface area contributed by atoms with Gasteiger partial charge in [0.25, 0.3) is 0 Å². The summed E-state index contributed by atoms with van der Waals surface area (Å²) in [5.74, 6) is 1.76. The summed E-state index contributed by atoms with van der Waals surface area (Å²) >= 11 is 6.27. The third-order valence-electron chi connectivity index (χ3n) is 4.67. The van der Waals surface area contributed by atoms with E-state index in [9.17, 15) is 0 Å². The highest BCUT2D eigenvalue weighted by molar-refractivity contribution is 6.32. The van der Waals surface area contributed by atoms with Gasteiger partial charge in [-0.2, -0.15) is 0 Å². The minimum absolute atomic E-state index is 0.341. The van der Waals surface area contributed by atoms with Gasteiger partial charge in [-0.25, -0.2) is 4.98 Å². The van der Waals surface area contributed by atoms with Crippen LogP contribution in [-0.4, -0.2) is 56.4 Å². The molecular formula is C19H28ClN5O. The number of rotatable bonds is 6. The van der Waals surface area contributed by atoms with E-state index in [1.165, 1.54) is 5.57 Å². The predicted molar refractivity (Wildman–Crippen MR) is 107 cm³/mol. The number of aromatic nitrogens is 1. The van der Waals surface area contributed by atoms with E-state index in [-0.39, 0.29) is 0 Å². The topological polar surface area (TPSA) is 61.8 Å². The summed E-state index contributed by atoms with van der Waals surface area (Å²) < 4.78 is 5.35. The van der Waals surface area contributed by atoms with Gasteiger partial charge in [-0.05, 0) is 38.3 Å². The summed E-state index contributed by atoms with van der Waals surface area (Å²) in [7, 11) is 0.